The van der Waals surface area contributed by atoms with Crippen LogP contribution in [0.4, 0.5) is 0 Å². The number of aliphatic hydroxyl groups excluding tert-OH is 1. The van der Waals surface area contributed by atoms with Crippen molar-refractivity contribution in [3.05, 3.63) is 96.1 Å². The van der Waals surface area contributed by atoms with E-state index in [2.05, 4.69) is 0 Å². The Labute approximate surface area is 211 Å². The van der Waals surface area contributed by atoms with E-state index in [0.29, 0.717) is 19.8 Å². The van der Waals surface area contributed by atoms with E-state index in [1.807, 2.05) is 84.9 Å². The molecular weight excluding hydrogens is 464 g/mol. The summed E-state index contributed by atoms with van der Waals surface area (Å²) in [5, 5.41) is 11.4. The number of hydrogen-bond acceptors (Lipinski definition) is 7. The molecule has 1 N–H and O–H groups in total. The highest BCUT2D eigenvalue weighted by Gasteiger charge is 2.47. The fourth-order valence-corrected chi connectivity index (χ4v) is 5.07. The summed E-state index contributed by atoms with van der Waals surface area (Å²) in [4.78, 5) is 1.01. The van der Waals surface area contributed by atoms with Crippen molar-refractivity contribution in [1.29, 1.82) is 0 Å². The van der Waals surface area contributed by atoms with Crippen LogP contribution >= 0.6 is 11.8 Å². The summed E-state index contributed by atoms with van der Waals surface area (Å²) in [6, 6.07) is 27.5. The Kier molecular flexibility index (Phi) is 9.59. The van der Waals surface area contributed by atoms with Gasteiger partial charge in [-0.05, 0) is 35.4 Å². The first-order valence-corrected chi connectivity index (χ1v) is 12.5. The van der Waals surface area contributed by atoms with Crippen LogP contribution < -0.4 is 4.74 Å². The molecule has 1 aliphatic rings. The quantitative estimate of drug-likeness (QED) is 0.413. The molecule has 0 radical (unpaired) electrons. The van der Waals surface area contributed by atoms with Gasteiger partial charge in [-0.1, -0.05) is 72.4 Å². The summed E-state index contributed by atoms with van der Waals surface area (Å²) >= 11 is 1.47. The SMILES string of the molecule is COC[C@H]1O[C@H](Sc2ccccc2)[C@@H](O)[C@@H](OCc2ccccc2)[C@@H]1OCc1ccc(OC)cc1. The van der Waals surface area contributed by atoms with Crippen molar-refractivity contribution < 1.29 is 28.8 Å². The van der Waals surface area contributed by atoms with Crippen molar-refractivity contribution in [3.8, 4) is 5.75 Å². The number of aliphatic hydroxyl groups is 1. The predicted octanol–water partition coefficient (Wildman–Crippen LogP) is 4.69. The molecule has 1 aliphatic heterocycles. The molecule has 7 heteroatoms. The number of hydrogen-bond donors (Lipinski definition) is 1. The highest BCUT2D eigenvalue weighted by atomic mass is 32.2. The zero-order valence-electron chi connectivity index (χ0n) is 20.0. The van der Waals surface area contributed by atoms with E-state index in [4.69, 9.17) is 23.7 Å². The first-order chi connectivity index (χ1) is 17.2. The van der Waals surface area contributed by atoms with Crippen molar-refractivity contribution in [2.24, 2.45) is 0 Å². The second-order valence-electron chi connectivity index (χ2n) is 8.30. The van der Waals surface area contributed by atoms with Crippen molar-refractivity contribution in [3.63, 3.8) is 0 Å². The molecular formula is C28H32O6S. The van der Waals surface area contributed by atoms with Crippen LogP contribution in [-0.2, 0) is 32.2 Å². The third-order valence-electron chi connectivity index (χ3n) is 5.83. The van der Waals surface area contributed by atoms with E-state index in [0.717, 1.165) is 21.8 Å². The topological polar surface area (TPSA) is 66.4 Å². The molecule has 0 spiro atoms. The first-order valence-electron chi connectivity index (χ1n) is 11.6. The van der Waals surface area contributed by atoms with Crippen LogP contribution in [0.5, 0.6) is 5.75 Å². The molecule has 0 saturated carbocycles. The van der Waals surface area contributed by atoms with E-state index >= 15 is 0 Å². The van der Waals surface area contributed by atoms with Gasteiger partial charge in [0.15, 0.2) is 0 Å². The third kappa shape index (κ3) is 7.07. The van der Waals surface area contributed by atoms with Crippen LogP contribution in [-0.4, -0.2) is 55.8 Å². The summed E-state index contributed by atoms with van der Waals surface area (Å²) in [6.07, 6.45) is -2.45. The molecule has 0 amide bonds. The Morgan fingerprint density at radius 2 is 1.37 bits per heavy atom. The summed E-state index contributed by atoms with van der Waals surface area (Å²) in [6.45, 7) is 1.01. The van der Waals surface area contributed by atoms with Gasteiger partial charge in [0.05, 0.1) is 26.9 Å². The van der Waals surface area contributed by atoms with Gasteiger partial charge in [0, 0.05) is 12.0 Å². The number of benzene rings is 3. The Bertz CT molecular complexity index is 1000. The zero-order valence-corrected chi connectivity index (χ0v) is 20.8. The number of ether oxygens (including phenoxy) is 5. The molecule has 3 aromatic rings. The van der Waals surface area contributed by atoms with Gasteiger partial charge < -0.3 is 28.8 Å². The van der Waals surface area contributed by atoms with Gasteiger partial charge in [-0.15, -0.1) is 0 Å². The number of methoxy groups -OCH3 is 2. The summed E-state index contributed by atoms with van der Waals surface area (Å²) in [7, 11) is 3.27. The van der Waals surface area contributed by atoms with Gasteiger partial charge in [0.2, 0.25) is 0 Å². The fourth-order valence-electron chi connectivity index (χ4n) is 4.00. The van der Waals surface area contributed by atoms with Crippen molar-refractivity contribution >= 4 is 11.8 Å². The molecule has 0 aliphatic carbocycles. The lowest BCUT2D eigenvalue weighted by Crippen LogP contribution is -2.59. The predicted molar refractivity (Wildman–Crippen MR) is 135 cm³/mol. The molecule has 1 saturated heterocycles. The normalized spacial score (nSPS) is 24.3. The highest BCUT2D eigenvalue weighted by molar-refractivity contribution is 7.99. The molecule has 0 unspecified atom stereocenters. The van der Waals surface area contributed by atoms with E-state index < -0.39 is 29.9 Å². The second kappa shape index (κ2) is 13.1. The van der Waals surface area contributed by atoms with Gasteiger partial charge in [-0.3, -0.25) is 0 Å². The van der Waals surface area contributed by atoms with Gasteiger partial charge in [0.25, 0.3) is 0 Å². The molecule has 1 fully saturated rings. The van der Waals surface area contributed by atoms with Crippen LogP contribution in [0.1, 0.15) is 11.1 Å². The van der Waals surface area contributed by atoms with Crippen molar-refractivity contribution in [1.82, 2.24) is 0 Å². The molecule has 4 rings (SSSR count). The van der Waals surface area contributed by atoms with E-state index in [1.54, 1.807) is 14.2 Å². The van der Waals surface area contributed by atoms with Gasteiger partial charge >= 0.3 is 0 Å². The van der Waals surface area contributed by atoms with Gasteiger partial charge in [-0.25, -0.2) is 0 Å². The van der Waals surface area contributed by atoms with Crippen molar-refractivity contribution in [2.75, 3.05) is 20.8 Å². The molecule has 6 nitrogen and oxygen atoms in total. The molecule has 186 valence electrons. The molecule has 3 aromatic carbocycles. The molecule has 35 heavy (non-hydrogen) atoms. The van der Waals surface area contributed by atoms with Crippen LogP contribution in [0.15, 0.2) is 89.8 Å². The molecule has 0 bridgehead atoms. The minimum Gasteiger partial charge on any atom is -0.497 e. The summed E-state index contributed by atoms with van der Waals surface area (Å²) < 4.78 is 29.7. The summed E-state index contributed by atoms with van der Waals surface area (Å²) in [5.74, 6) is 0.785. The van der Waals surface area contributed by atoms with Crippen molar-refractivity contribution in [2.45, 2.75) is 48.0 Å². The van der Waals surface area contributed by atoms with Gasteiger partial charge in [-0.2, -0.15) is 0 Å². The van der Waals surface area contributed by atoms with E-state index in [-0.39, 0.29) is 0 Å². The second-order valence-corrected chi connectivity index (χ2v) is 9.48. The zero-order chi connectivity index (χ0) is 24.5. The maximum absolute atomic E-state index is 11.4. The van der Waals surface area contributed by atoms with Gasteiger partial charge in [0.1, 0.15) is 35.6 Å². The molecule has 0 aromatic heterocycles. The molecule has 5 atom stereocenters. The fraction of sp³-hybridized carbons (Fsp3) is 0.357. The van der Waals surface area contributed by atoms with Crippen LogP contribution in [0.3, 0.4) is 0 Å². The largest absolute Gasteiger partial charge is 0.497 e. The van der Waals surface area contributed by atoms with Crippen LogP contribution in [0.25, 0.3) is 0 Å². The smallest absolute Gasteiger partial charge is 0.136 e. The average molecular weight is 497 g/mol. The highest BCUT2D eigenvalue weighted by Crippen LogP contribution is 2.36. The minimum atomic E-state index is -0.905. The Morgan fingerprint density at radius 1 is 0.771 bits per heavy atom. The maximum atomic E-state index is 11.4. The lowest BCUT2D eigenvalue weighted by Gasteiger charge is -2.44. The standard InChI is InChI=1S/C28H32O6S/c1-30-19-24-26(32-18-21-13-15-22(31-2)16-14-21)27(33-17-20-9-5-3-6-10-20)25(29)28(34-24)35-23-11-7-4-8-12-23/h3-16,24-29H,17-19H2,1-2H3/t24-,25+,26-,27-,28-/m1/s1. The Morgan fingerprint density at radius 3 is 2.00 bits per heavy atom. The summed E-state index contributed by atoms with van der Waals surface area (Å²) in [5.41, 5.74) is 1.48. The van der Waals surface area contributed by atoms with Crippen LogP contribution in [0, 0.1) is 0 Å². The first kappa shape index (κ1) is 25.7. The minimum absolute atomic E-state index is 0.317. The monoisotopic (exact) mass is 496 g/mol. The maximum Gasteiger partial charge on any atom is 0.136 e. The third-order valence-corrected chi connectivity index (χ3v) is 6.99. The molecule has 1 heterocycles. The lowest BCUT2D eigenvalue weighted by molar-refractivity contribution is -0.241. The van der Waals surface area contributed by atoms with E-state index in [9.17, 15) is 5.11 Å². The number of thioether (sulfide) groups is 1. The average Bonchev–Trinajstić information content (AvgIpc) is 2.90. The Balaban J connectivity index is 1.53. The van der Waals surface area contributed by atoms with E-state index in [1.165, 1.54) is 11.8 Å². The Hall–Kier alpha value is -2.39. The number of rotatable bonds is 11. The van der Waals surface area contributed by atoms with Crippen LogP contribution in [0.2, 0.25) is 0 Å². The lowest BCUT2D eigenvalue weighted by atomic mass is 9.99.